The van der Waals surface area contributed by atoms with Crippen LogP contribution in [0.4, 0.5) is 0 Å². The summed E-state index contributed by atoms with van der Waals surface area (Å²) in [7, 11) is 0. The van der Waals surface area contributed by atoms with Gasteiger partial charge in [-0.3, -0.25) is 4.79 Å². The van der Waals surface area contributed by atoms with Crippen molar-refractivity contribution in [2.45, 2.75) is 16.7 Å². The van der Waals surface area contributed by atoms with Crippen molar-refractivity contribution >= 4 is 35.1 Å². The molecule has 2 aromatic carbocycles. The Morgan fingerprint density at radius 3 is 2.24 bits per heavy atom. The summed E-state index contributed by atoms with van der Waals surface area (Å²) < 4.78 is -0.597. The third-order valence-electron chi connectivity index (χ3n) is 3.65. The van der Waals surface area contributed by atoms with Crippen LogP contribution in [0, 0.1) is 0 Å². The standard InChI is InChI=1S/C18H14Cl2O/c19-18(20)12-16(18)14-9-6-13(7-10-14)8-11-17(21)15-4-2-1-3-5-15/h1-11,16H,12H2/b11-8-/t16-/m0/s1. The summed E-state index contributed by atoms with van der Waals surface area (Å²) in [6, 6.07) is 17.2. The lowest BCUT2D eigenvalue weighted by atomic mass is 10.1. The van der Waals surface area contributed by atoms with Crippen LogP contribution in [0.5, 0.6) is 0 Å². The van der Waals surface area contributed by atoms with Gasteiger partial charge in [0, 0.05) is 11.5 Å². The van der Waals surface area contributed by atoms with E-state index in [0.29, 0.717) is 5.56 Å². The van der Waals surface area contributed by atoms with Gasteiger partial charge in [0.15, 0.2) is 5.78 Å². The van der Waals surface area contributed by atoms with Crippen LogP contribution >= 0.6 is 23.2 Å². The Morgan fingerprint density at radius 2 is 1.67 bits per heavy atom. The smallest absolute Gasteiger partial charge is 0.185 e. The number of benzene rings is 2. The van der Waals surface area contributed by atoms with Gasteiger partial charge in [-0.1, -0.05) is 60.7 Å². The average molecular weight is 317 g/mol. The predicted molar refractivity (Wildman–Crippen MR) is 88.0 cm³/mol. The number of halogens is 2. The Hall–Kier alpha value is -1.57. The Bertz CT molecular complexity index is 672. The van der Waals surface area contributed by atoms with E-state index in [4.69, 9.17) is 23.2 Å². The van der Waals surface area contributed by atoms with Crippen LogP contribution in [0.3, 0.4) is 0 Å². The zero-order valence-corrected chi connectivity index (χ0v) is 12.8. The molecular weight excluding hydrogens is 303 g/mol. The number of hydrogen-bond donors (Lipinski definition) is 0. The van der Waals surface area contributed by atoms with Crippen LogP contribution in [-0.4, -0.2) is 10.1 Å². The molecule has 0 bridgehead atoms. The Labute approximate surface area is 134 Å². The molecule has 0 saturated heterocycles. The molecule has 0 aromatic heterocycles. The second kappa shape index (κ2) is 5.67. The first-order chi connectivity index (χ1) is 10.1. The fourth-order valence-corrected chi connectivity index (χ4v) is 2.85. The van der Waals surface area contributed by atoms with Crippen LogP contribution in [0.1, 0.15) is 33.8 Å². The molecule has 0 spiro atoms. The third kappa shape index (κ3) is 3.37. The highest BCUT2D eigenvalue weighted by Crippen LogP contribution is 2.59. The molecule has 0 heterocycles. The lowest BCUT2D eigenvalue weighted by Gasteiger charge is -2.01. The van der Waals surface area contributed by atoms with Crippen molar-refractivity contribution in [1.82, 2.24) is 0 Å². The van der Waals surface area contributed by atoms with E-state index in [9.17, 15) is 4.79 Å². The summed E-state index contributed by atoms with van der Waals surface area (Å²) in [5, 5.41) is 0. The van der Waals surface area contributed by atoms with E-state index in [1.807, 2.05) is 60.7 Å². The molecule has 21 heavy (non-hydrogen) atoms. The van der Waals surface area contributed by atoms with E-state index in [0.717, 1.165) is 17.5 Å². The lowest BCUT2D eigenvalue weighted by Crippen LogP contribution is -1.93. The van der Waals surface area contributed by atoms with Crippen molar-refractivity contribution in [3.63, 3.8) is 0 Å². The van der Waals surface area contributed by atoms with Gasteiger partial charge in [0.05, 0.1) is 0 Å². The highest BCUT2D eigenvalue weighted by atomic mass is 35.5. The second-order valence-corrected chi connectivity index (χ2v) is 6.79. The van der Waals surface area contributed by atoms with Gasteiger partial charge in [-0.05, 0) is 23.6 Å². The molecule has 3 heteroatoms. The highest BCUT2D eigenvalue weighted by Gasteiger charge is 2.52. The van der Waals surface area contributed by atoms with Crippen molar-refractivity contribution in [2.75, 3.05) is 0 Å². The van der Waals surface area contributed by atoms with Crippen LogP contribution < -0.4 is 0 Å². The Kier molecular flexibility index (Phi) is 3.88. The number of ketones is 1. The highest BCUT2D eigenvalue weighted by molar-refractivity contribution is 6.51. The van der Waals surface area contributed by atoms with Crippen LogP contribution in [0.25, 0.3) is 6.08 Å². The van der Waals surface area contributed by atoms with E-state index in [1.165, 1.54) is 0 Å². The number of rotatable bonds is 4. The van der Waals surface area contributed by atoms with Gasteiger partial charge >= 0.3 is 0 Å². The monoisotopic (exact) mass is 316 g/mol. The predicted octanol–water partition coefficient (Wildman–Crippen LogP) is 5.24. The average Bonchev–Trinajstić information content (AvgIpc) is 3.15. The summed E-state index contributed by atoms with van der Waals surface area (Å²) >= 11 is 12.1. The summed E-state index contributed by atoms with van der Waals surface area (Å²) in [4.78, 5) is 12.0. The SMILES string of the molecule is O=C(/C=C\c1ccc([C@@H]2CC2(Cl)Cl)cc1)c1ccccc1. The molecule has 0 aliphatic heterocycles. The number of carbonyl (C=O) groups is 1. The quantitative estimate of drug-likeness (QED) is 0.428. The molecule has 0 radical (unpaired) electrons. The first kappa shape index (κ1) is 14.4. The van der Waals surface area contributed by atoms with E-state index >= 15 is 0 Å². The topological polar surface area (TPSA) is 17.1 Å². The molecular formula is C18H14Cl2O. The number of alkyl halides is 2. The first-order valence-corrected chi connectivity index (χ1v) is 7.57. The van der Waals surface area contributed by atoms with Crippen LogP contribution in [-0.2, 0) is 0 Å². The van der Waals surface area contributed by atoms with Gasteiger partial charge in [0.25, 0.3) is 0 Å². The minimum absolute atomic E-state index is 0.00222. The molecule has 2 aromatic rings. The second-order valence-electron chi connectivity index (χ2n) is 5.25. The molecule has 3 rings (SSSR count). The zero-order valence-electron chi connectivity index (χ0n) is 11.3. The maximum absolute atomic E-state index is 12.0. The number of allylic oxidation sites excluding steroid dienone is 1. The Balaban J connectivity index is 1.68. The largest absolute Gasteiger partial charge is 0.289 e. The summed E-state index contributed by atoms with van der Waals surface area (Å²) in [5.74, 6) is 0.229. The molecule has 0 unspecified atom stereocenters. The molecule has 1 atom stereocenters. The minimum Gasteiger partial charge on any atom is -0.289 e. The van der Waals surface area contributed by atoms with Crippen molar-refractivity contribution in [3.05, 3.63) is 77.4 Å². The van der Waals surface area contributed by atoms with E-state index in [-0.39, 0.29) is 11.7 Å². The van der Waals surface area contributed by atoms with Gasteiger partial charge in [0.1, 0.15) is 4.33 Å². The summed E-state index contributed by atoms with van der Waals surface area (Å²) in [6.07, 6.45) is 4.22. The van der Waals surface area contributed by atoms with Crippen LogP contribution in [0.2, 0.25) is 0 Å². The molecule has 1 nitrogen and oxygen atoms in total. The maximum atomic E-state index is 12.0. The zero-order chi connectivity index (χ0) is 14.9. The number of hydrogen-bond acceptors (Lipinski definition) is 1. The molecule has 0 N–H and O–H groups in total. The molecule has 1 saturated carbocycles. The first-order valence-electron chi connectivity index (χ1n) is 6.81. The fraction of sp³-hybridized carbons (Fsp3) is 0.167. The van der Waals surface area contributed by atoms with E-state index in [1.54, 1.807) is 6.08 Å². The van der Waals surface area contributed by atoms with Crippen LogP contribution in [0.15, 0.2) is 60.7 Å². The lowest BCUT2D eigenvalue weighted by molar-refractivity contribution is 0.104. The maximum Gasteiger partial charge on any atom is 0.185 e. The summed E-state index contributed by atoms with van der Waals surface area (Å²) in [6.45, 7) is 0. The summed E-state index contributed by atoms with van der Waals surface area (Å²) in [5.41, 5.74) is 2.82. The number of carbonyl (C=O) groups excluding carboxylic acids is 1. The normalized spacial score (nSPS) is 19.6. The molecule has 1 aliphatic rings. The van der Waals surface area contributed by atoms with Crippen molar-refractivity contribution < 1.29 is 4.79 Å². The van der Waals surface area contributed by atoms with Gasteiger partial charge in [-0.25, -0.2) is 0 Å². The van der Waals surface area contributed by atoms with Crippen molar-refractivity contribution in [1.29, 1.82) is 0 Å². The molecule has 1 fully saturated rings. The molecule has 0 amide bonds. The van der Waals surface area contributed by atoms with E-state index < -0.39 is 4.33 Å². The van der Waals surface area contributed by atoms with Gasteiger partial charge < -0.3 is 0 Å². The van der Waals surface area contributed by atoms with Gasteiger partial charge in [-0.15, -0.1) is 23.2 Å². The minimum atomic E-state index is -0.597. The van der Waals surface area contributed by atoms with Gasteiger partial charge in [-0.2, -0.15) is 0 Å². The van der Waals surface area contributed by atoms with Crippen molar-refractivity contribution in [3.8, 4) is 0 Å². The van der Waals surface area contributed by atoms with Gasteiger partial charge in [0.2, 0.25) is 0 Å². The Morgan fingerprint density at radius 1 is 1.05 bits per heavy atom. The molecule has 106 valence electrons. The third-order valence-corrected chi connectivity index (χ3v) is 4.49. The van der Waals surface area contributed by atoms with Crippen molar-refractivity contribution in [2.24, 2.45) is 0 Å². The fourth-order valence-electron chi connectivity index (χ4n) is 2.28. The van der Waals surface area contributed by atoms with E-state index in [2.05, 4.69) is 0 Å². The molecule has 1 aliphatic carbocycles.